The highest BCUT2D eigenvalue weighted by Crippen LogP contribution is 2.36. The van der Waals surface area contributed by atoms with Crippen LogP contribution in [0.4, 0.5) is 9.18 Å². The summed E-state index contributed by atoms with van der Waals surface area (Å²) in [7, 11) is 0. The lowest BCUT2D eigenvalue weighted by molar-refractivity contribution is -0.131. The van der Waals surface area contributed by atoms with E-state index in [2.05, 4.69) is 27.9 Å². The van der Waals surface area contributed by atoms with Crippen molar-refractivity contribution in [3.05, 3.63) is 62.5 Å². The van der Waals surface area contributed by atoms with Crippen LogP contribution in [0, 0.1) is 9.39 Å². The molecule has 2 aromatic carbocycles. The Bertz CT molecular complexity index is 1160. The second-order valence-electron chi connectivity index (χ2n) is 8.07. The third-order valence-electron chi connectivity index (χ3n) is 5.80. The van der Waals surface area contributed by atoms with Crippen LogP contribution in [0.2, 0.25) is 0 Å². The average Bonchev–Trinajstić information content (AvgIpc) is 3.31. The van der Waals surface area contributed by atoms with Gasteiger partial charge in [-0.3, -0.25) is 19.8 Å². The highest BCUT2D eigenvalue weighted by molar-refractivity contribution is 14.1. The lowest BCUT2D eigenvalue weighted by atomic mass is 10.0. The fraction of sp³-hybridized carbons (Fsp3) is 0.320. The van der Waals surface area contributed by atoms with E-state index in [0.717, 1.165) is 25.7 Å². The third kappa shape index (κ3) is 5.08. The van der Waals surface area contributed by atoms with Gasteiger partial charge in [0.05, 0.1) is 10.2 Å². The van der Waals surface area contributed by atoms with Crippen molar-refractivity contribution in [2.24, 2.45) is 0 Å². The molecule has 0 unspecified atom stereocenters. The van der Waals surface area contributed by atoms with E-state index in [9.17, 15) is 18.8 Å². The molecule has 2 aliphatic rings. The van der Waals surface area contributed by atoms with E-state index in [1.807, 2.05) is 6.92 Å². The number of nitrogens with one attached hydrogen (secondary N) is 1. The zero-order valence-corrected chi connectivity index (χ0v) is 20.8. The third-order valence-corrected chi connectivity index (χ3v) is 6.60. The van der Waals surface area contributed by atoms with Crippen LogP contribution in [-0.4, -0.2) is 35.4 Å². The molecule has 0 aromatic heterocycles. The Hall–Kier alpha value is -2.95. The van der Waals surface area contributed by atoms with Crippen molar-refractivity contribution in [1.29, 1.82) is 0 Å². The number of hydrogen-bond acceptors (Lipinski definition) is 5. The number of nitrogens with zero attached hydrogens (tertiary/aromatic N) is 1. The Balaban J connectivity index is 1.63. The van der Waals surface area contributed by atoms with E-state index in [1.54, 1.807) is 30.3 Å². The van der Waals surface area contributed by atoms with E-state index in [1.165, 1.54) is 17.0 Å². The second kappa shape index (κ2) is 10.5. The van der Waals surface area contributed by atoms with Crippen molar-refractivity contribution in [2.75, 3.05) is 6.61 Å². The first-order valence-corrected chi connectivity index (χ1v) is 12.2. The maximum absolute atomic E-state index is 14.0. The smallest absolute Gasteiger partial charge is 0.331 e. The Labute approximate surface area is 210 Å². The number of ether oxygens (including phenoxy) is 2. The summed E-state index contributed by atoms with van der Waals surface area (Å²) in [6.45, 7) is 2.19. The minimum absolute atomic E-state index is 0.0164. The number of amides is 4. The molecule has 1 aliphatic heterocycles. The van der Waals surface area contributed by atoms with Crippen molar-refractivity contribution in [2.45, 2.75) is 45.3 Å². The summed E-state index contributed by atoms with van der Waals surface area (Å²) in [6, 6.07) is 8.89. The molecule has 2 fully saturated rings. The first-order chi connectivity index (χ1) is 16.4. The Morgan fingerprint density at radius 3 is 2.59 bits per heavy atom. The average molecular weight is 578 g/mol. The van der Waals surface area contributed by atoms with Gasteiger partial charge < -0.3 is 9.47 Å². The van der Waals surface area contributed by atoms with Gasteiger partial charge in [-0.2, -0.15) is 0 Å². The van der Waals surface area contributed by atoms with E-state index >= 15 is 0 Å². The van der Waals surface area contributed by atoms with Gasteiger partial charge in [0.15, 0.2) is 11.5 Å². The standard InChI is InChI=1S/C25H24FIN2O5/c1-2-33-21-13-15(12-20(27)22(21)34-14-16-7-3-6-10-19(16)26)11-18-23(30)28-25(32)29(24(18)31)17-8-4-5-9-17/h3,6-7,10-13,17H,2,4-5,8-9,14H2,1H3,(H,28,30,32)/b18-11+. The number of carbonyl (C=O) groups excluding carboxylic acids is 3. The second-order valence-corrected chi connectivity index (χ2v) is 9.24. The molecule has 7 nitrogen and oxygen atoms in total. The van der Waals surface area contributed by atoms with Crippen LogP contribution in [0.1, 0.15) is 43.7 Å². The molecular weight excluding hydrogens is 554 g/mol. The van der Waals surface area contributed by atoms with Crippen molar-refractivity contribution >= 4 is 46.5 Å². The summed E-state index contributed by atoms with van der Waals surface area (Å²) in [6.07, 6.45) is 4.82. The van der Waals surface area contributed by atoms with Crippen LogP contribution < -0.4 is 14.8 Å². The fourth-order valence-corrected chi connectivity index (χ4v) is 4.95. The predicted molar refractivity (Wildman–Crippen MR) is 132 cm³/mol. The number of carbonyl (C=O) groups is 3. The van der Waals surface area contributed by atoms with E-state index in [4.69, 9.17) is 9.47 Å². The predicted octanol–water partition coefficient (Wildman–Crippen LogP) is 4.81. The van der Waals surface area contributed by atoms with Gasteiger partial charge in [-0.05, 0) is 72.2 Å². The molecule has 2 aromatic rings. The minimum atomic E-state index is -0.725. The summed E-state index contributed by atoms with van der Waals surface area (Å²) >= 11 is 2.07. The van der Waals surface area contributed by atoms with Crippen molar-refractivity contribution in [3.8, 4) is 11.5 Å². The number of hydrogen-bond donors (Lipinski definition) is 1. The molecule has 0 spiro atoms. The molecule has 178 valence electrons. The number of rotatable bonds is 7. The molecular formula is C25H24FIN2O5. The first-order valence-electron chi connectivity index (χ1n) is 11.1. The summed E-state index contributed by atoms with van der Waals surface area (Å²) in [5.41, 5.74) is 0.850. The number of benzene rings is 2. The minimum Gasteiger partial charge on any atom is -0.490 e. The van der Waals surface area contributed by atoms with Gasteiger partial charge in [0, 0.05) is 11.6 Å². The van der Waals surface area contributed by atoms with Crippen LogP contribution in [0.25, 0.3) is 6.08 Å². The van der Waals surface area contributed by atoms with Gasteiger partial charge in [-0.25, -0.2) is 9.18 Å². The van der Waals surface area contributed by atoms with E-state index in [-0.39, 0.29) is 24.0 Å². The fourth-order valence-electron chi connectivity index (χ4n) is 4.17. The molecule has 0 bridgehead atoms. The quantitative estimate of drug-likeness (QED) is 0.290. The van der Waals surface area contributed by atoms with Gasteiger partial charge in [0.2, 0.25) is 0 Å². The molecule has 0 radical (unpaired) electrons. The lowest BCUT2D eigenvalue weighted by Crippen LogP contribution is -2.57. The van der Waals surface area contributed by atoms with Crippen molar-refractivity contribution < 1.29 is 28.2 Å². The van der Waals surface area contributed by atoms with E-state index in [0.29, 0.717) is 32.8 Å². The summed E-state index contributed by atoms with van der Waals surface area (Å²) in [4.78, 5) is 39.1. The number of halogens is 2. The number of imide groups is 2. The molecule has 0 atom stereocenters. The van der Waals surface area contributed by atoms with Crippen LogP contribution in [0.5, 0.6) is 11.5 Å². The van der Waals surface area contributed by atoms with E-state index < -0.39 is 17.8 Å². The zero-order chi connectivity index (χ0) is 24.2. The topological polar surface area (TPSA) is 84.9 Å². The van der Waals surface area contributed by atoms with Crippen LogP contribution in [-0.2, 0) is 16.2 Å². The molecule has 9 heteroatoms. The zero-order valence-electron chi connectivity index (χ0n) is 18.6. The maximum atomic E-state index is 14.0. The number of barbiturate groups is 1. The maximum Gasteiger partial charge on any atom is 0.331 e. The molecule has 4 amide bonds. The molecule has 34 heavy (non-hydrogen) atoms. The summed E-state index contributed by atoms with van der Waals surface area (Å²) < 4.78 is 26.3. The normalized spacial score (nSPS) is 17.9. The van der Waals surface area contributed by atoms with Crippen molar-refractivity contribution in [3.63, 3.8) is 0 Å². The highest BCUT2D eigenvalue weighted by atomic mass is 127. The largest absolute Gasteiger partial charge is 0.490 e. The van der Waals surface area contributed by atoms with Gasteiger partial charge in [-0.1, -0.05) is 31.0 Å². The SMILES string of the molecule is CCOc1cc(/C=C2\C(=O)NC(=O)N(C3CCCC3)C2=O)cc(I)c1OCc1ccccc1F. The summed E-state index contributed by atoms with van der Waals surface area (Å²) in [5, 5.41) is 2.28. The Morgan fingerprint density at radius 1 is 1.15 bits per heavy atom. The molecule has 1 N–H and O–H groups in total. The van der Waals surface area contributed by atoms with Gasteiger partial charge in [0.25, 0.3) is 11.8 Å². The molecule has 1 heterocycles. The van der Waals surface area contributed by atoms with Crippen LogP contribution >= 0.6 is 22.6 Å². The lowest BCUT2D eigenvalue weighted by Gasteiger charge is -2.31. The van der Waals surface area contributed by atoms with Crippen LogP contribution in [0.15, 0.2) is 42.0 Å². The number of urea groups is 1. The van der Waals surface area contributed by atoms with Gasteiger partial charge >= 0.3 is 6.03 Å². The highest BCUT2D eigenvalue weighted by Gasteiger charge is 2.40. The Kier molecular flexibility index (Phi) is 7.50. The van der Waals surface area contributed by atoms with Crippen LogP contribution in [0.3, 0.4) is 0 Å². The Morgan fingerprint density at radius 2 is 1.88 bits per heavy atom. The monoisotopic (exact) mass is 578 g/mol. The van der Waals surface area contributed by atoms with Crippen molar-refractivity contribution in [1.82, 2.24) is 10.2 Å². The first kappa shape index (κ1) is 24.2. The van der Waals surface area contributed by atoms with Gasteiger partial charge in [0.1, 0.15) is 18.0 Å². The molecule has 1 saturated carbocycles. The molecule has 4 rings (SSSR count). The molecule has 1 aliphatic carbocycles. The van der Waals surface area contributed by atoms with Gasteiger partial charge in [-0.15, -0.1) is 0 Å². The molecule has 1 saturated heterocycles. The summed E-state index contributed by atoms with van der Waals surface area (Å²) in [5.74, 6) is -0.828.